The van der Waals surface area contributed by atoms with Gasteiger partial charge in [0.1, 0.15) is 5.82 Å². The summed E-state index contributed by atoms with van der Waals surface area (Å²) in [5.74, 6) is 0.526. The van der Waals surface area contributed by atoms with Gasteiger partial charge in [0, 0.05) is 44.0 Å². The van der Waals surface area contributed by atoms with Crippen LogP contribution < -0.4 is 15.1 Å². The highest BCUT2D eigenvalue weighted by Gasteiger charge is 2.39. The summed E-state index contributed by atoms with van der Waals surface area (Å²) in [6.07, 6.45) is 6.27. The Bertz CT molecular complexity index is 987. The molecule has 1 saturated carbocycles. The molecule has 5 rings (SSSR count). The monoisotopic (exact) mass is 448 g/mol. The zero-order valence-electron chi connectivity index (χ0n) is 19.0. The number of morpholine rings is 1. The van der Waals surface area contributed by atoms with Crippen molar-refractivity contribution in [2.75, 3.05) is 42.6 Å². The minimum Gasteiger partial charge on any atom is -0.378 e. The Morgan fingerprint density at radius 1 is 1.00 bits per heavy atom. The van der Waals surface area contributed by atoms with E-state index in [2.05, 4.69) is 21.3 Å². The molecule has 2 aliphatic heterocycles. The van der Waals surface area contributed by atoms with Gasteiger partial charge in [-0.2, -0.15) is 0 Å². The van der Waals surface area contributed by atoms with Gasteiger partial charge >= 0.3 is 0 Å². The van der Waals surface area contributed by atoms with Crippen LogP contribution in [0.25, 0.3) is 0 Å². The van der Waals surface area contributed by atoms with Crippen molar-refractivity contribution < 1.29 is 14.3 Å². The molecule has 2 aromatic rings. The van der Waals surface area contributed by atoms with Crippen LogP contribution in [0.2, 0.25) is 0 Å². The third-order valence-corrected chi connectivity index (χ3v) is 7.18. The van der Waals surface area contributed by atoms with Crippen molar-refractivity contribution in [3.63, 3.8) is 0 Å². The van der Waals surface area contributed by atoms with Crippen molar-refractivity contribution in [3.05, 3.63) is 53.7 Å². The standard InChI is InChI=1S/C26H32N4O3/c31-25(28-18-19-9-10-24(27-17-19)29-13-15-33-16-14-29)21-6-2-3-7-22(21)26(32)30-12-11-20-5-1-4-8-23(20)30/h1,4-5,8-10,17,21-22H,2-3,6-7,11-16,18H2,(H,28,31). The number of hydrogen-bond acceptors (Lipinski definition) is 5. The predicted octanol–water partition coefficient (Wildman–Crippen LogP) is 2.93. The highest BCUT2D eigenvalue weighted by molar-refractivity contribution is 5.99. The summed E-state index contributed by atoms with van der Waals surface area (Å²) in [7, 11) is 0. The van der Waals surface area contributed by atoms with Crippen LogP contribution in [0.5, 0.6) is 0 Å². The average Bonchev–Trinajstić information content (AvgIpc) is 3.32. The molecule has 2 fully saturated rings. The van der Waals surface area contributed by atoms with E-state index in [0.29, 0.717) is 13.1 Å². The van der Waals surface area contributed by atoms with Gasteiger partial charge in [0.15, 0.2) is 0 Å². The summed E-state index contributed by atoms with van der Waals surface area (Å²) >= 11 is 0. The molecule has 2 unspecified atom stereocenters. The van der Waals surface area contributed by atoms with Crippen molar-refractivity contribution in [2.24, 2.45) is 11.8 Å². The molecule has 1 aromatic carbocycles. The lowest BCUT2D eigenvalue weighted by molar-refractivity contribution is -0.135. The quantitative estimate of drug-likeness (QED) is 0.761. The van der Waals surface area contributed by atoms with E-state index >= 15 is 0 Å². The first-order chi connectivity index (χ1) is 16.2. The summed E-state index contributed by atoms with van der Waals surface area (Å²) in [5, 5.41) is 3.08. The topological polar surface area (TPSA) is 74.8 Å². The number of nitrogens with zero attached hydrogens (tertiary/aromatic N) is 3. The maximum atomic E-state index is 13.5. The third kappa shape index (κ3) is 4.74. The van der Waals surface area contributed by atoms with Crippen molar-refractivity contribution in [3.8, 4) is 0 Å². The van der Waals surface area contributed by atoms with Crippen molar-refractivity contribution in [2.45, 2.75) is 38.6 Å². The Morgan fingerprint density at radius 3 is 2.58 bits per heavy atom. The molecule has 0 bridgehead atoms. The number of fused-ring (bicyclic) bond motifs is 1. The van der Waals surface area contributed by atoms with E-state index in [9.17, 15) is 9.59 Å². The number of carbonyl (C=O) groups is 2. The molecule has 0 spiro atoms. The minimum atomic E-state index is -0.264. The number of para-hydroxylation sites is 1. The summed E-state index contributed by atoms with van der Waals surface area (Å²) in [6, 6.07) is 12.1. The molecule has 1 N–H and O–H groups in total. The number of aromatic nitrogens is 1. The Labute approximate surface area is 195 Å². The second-order valence-corrected chi connectivity index (χ2v) is 9.21. The Hall–Kier alpha value is -2.93. The van der Waals surface area contributed by atoms with E-state index in [1.165, 1.54) is 5.56 Å². The molecule has 174 valence electrons. The average molecular weight is 449 g/mol. The number of ether oxygens (including phenoxy) is 1. The van der Waals surface area contributed by atoms with Crippen LogP contribution in [0, 0.1) is 11.8 Å². The minimum absolute atomic E-state index is 0.0159. The molecule has 3 aliphatic rings. The summed E-state index contributed by atoms with van der Waals surface area (Å²) < 4.78 is 5.40. The number of amides is 2. The first-order valence-corrected chi connectivity index (χ1v) is 12.2. The molecule has 3 heterocycles. The van der Waals surface area contributed by atoms with Gasteiger partial charge < -0.3 is 19.9 Å². The van der Waals surface area contributed by atoms with Gasteiger partial charge in [-0.1, -0.05) is 37.1 Å². The van der Waals surface area contributed by atoms with Crippen LogP contribution in [0.3, 0.4) is 0 Å². The number of anilines is 2. The Balaban J connectivity index is 1.21. The fourth-order valence-electron chi connectivity index (χ4n) is 5.33. The Kier molecular flexibility index (Phi) is 6.58. The van der Waals surface area contributed by atoms with Gasteiger partial charge in [-0.25, -0.2) is 4.98 Å². The molecule has 1 saturated heterocycles. The summed E-state index contributed by atoms with van der Waals surface area (Å²) in [6.45, 7) is 4.29. The van der Waals surface area contributed by atoms with Gasteiger partial charge in [-0.05, 0) is 42.5 Å². The lowest BCUT2D eigenvalue weighted by atomic mass is 9.77. The SMILES string of the molecule is O=C(NCc1ccc(N2CCOCC2)nc1)C1CCCCC1C(=O)N1CCc2ccccc21. The molecule has 2 amide bonds. The second-order valence-electron chi connectivity index (χ2n) is 9.21. The molecule has 33 heavy (non-hydrogen) atoms. The molecular formula is C26H32N4O3. The summed E-state index contributed by atoms with van der Waals surface area (Å²) in [5.41, 5.74) is 3.20. The van der Waals surface area contributed by atoms with Crippen LogP contribution in [0.15, 0.2) is 42.6 Å². The van der Waals surface area contributed by atoms with Gasteiger partial charge in [-0.3, -0.25) is 9.59 Å². The molecule has 7 nitrogen and oxygen atoms in total. The number of benzene rings is 1. The molecule has 0 radical (unpaired) electrons. The Morgan fingerprint density at radius 2 is 1.79 bits per heavy atom. The maximum absolute atomic E-state index is 13.5. The van der Waals surface area contributed by atoms with Crippen LogP contribution >= 0.6 is 0 Å². The third-order valence-electron chi connectivity index (χ3n) is 7.18. The van der Waals surface area contributed by atoms with E-state index < -0.39 is 0 Å². The van der Waals surface area contributed by atoms with Crippen molar-refractivity contribution in [1.82, 2.24) is 10.3 Å². The lowest BCUT2D eigenvalue weighted by Gasteiger charge is -2.32. The lowest BCUT2D eigenvalue weighted by Crippen LogP contribution is -2.45. The fraction of sp³-hybridized carbons (Fsp3) is 0.500. The summed E-state index contributed by atoms with van der Waals surface area (Å²) in [4.78, 5) is 35.3. The van der Waals surface area contributed by atoms with Crippen LogP contribution in [-0.4, -0.2) is 49.6 Å². The molecular weight excluding hydrogens is 416 g/mol. The zero-order valence-corrected chi connectivity index (χ0v) is 19.0. The maximum Gasteiger partial charge on any atom is 0.230 e. The molecule has 1 aromatic heterocycles. The van der Waals surface area contributed by atoms with Crippen LogP contribution in [-0.2, 0) is 27.3 Å². The first-order valence-electron chi connectivity index (χ1n) is 12.2. The normalized spacial score (nSPS) is 22.7. The second kappa shape index (κ2) is 9.91. The van der Waals surface area contributed by atoms with Crippen molar-refractivity contribution in [1.29, 1.82) is 0 Å². The van der Waals surface area contributed by atoms with Gasteiger partial charge in [0.2, 0.25) is 11.8 Å². The first kappa shape index (κ1) is 21.9. The van der Waals surface area contributed by atoms with Gasteiger partial charge in [0.05, 0.1) is 19.1 Å². The van der Waals surface area contributed by atoms with E-state index in [1.54, 1.807) is 0 Å². The van der Waals surface area contributed by atoms with Gasteiger partial charge in [0.25, 0.3) is 0 Å². The van der Waals surface area contributed by atoms with Crippen molar-refractivity contribution >= 4 is 23.3 Å². The van der Waals surface area contributed by atoms with E-state index in [1.807, 2.05) is 41.4 Å². The largest absolute Gasteiger partial charge is 0.378 e. The van der Waals surface area contributed by atoms with Gasteiger partial charge in [-0.15, -0.1) is 0 Å². The van der Waals surface area contributed by atoms with Crippen LogP contribution in [0.4, 0.5) is 11.5 Å². The number of rotatable bonds is 5. The molecule has 1 aliphatic carbocycles. The number of carbonyl (C=O) groups excluding carboxylic acids is 2. The number of nitrogens with one attached hydrogen (secondary N) is 1. The smallest absolute Gasteiger partial charge is 0.230 e. The number of hydrogen-bond donors (Lipinski definition) is 1. The predicted molar refractivity (Wildman–Crippen MR) is 127 cm³/mol. The highest BCUT2D eigenvalue weighted by Crippen LogP contribution is 2.36. The van der Waals surface area contributed by atoms with E-state index in [-0.39, 0.29) is 23.7 Å². The molecule has 2 atom stereocenters. The zero-order chi connectivity index (χ0) is 22.6. The number of pyridine rings is 1. The molecule has 7 heteroatoms. The van der Waals surface area contributed by atoms with E-state index in [0.717, 1.165) is 75.5 Å². The van der Waals surface area contributed by atoms with Crippen LogP contribution in [0.1, 0.15) is 36.8 Å². The van der Waals surface area contributed by atoms with E-state index in [4.69, 9.17) is 4.74 Å². The highest BCUT2D eigenvalue weighted by atomic mass is 16.5. The fourth-order valence-corrected chi connectivity index (χ4v) is 5.33.